The Hall–Kier alpha value is -1.65. The van der Waals surface area contributed by atoms with Gasteiger partial charge in [0.15, 0.2) is 6.21 Å². The summed E-state index contributed by atoms with van der Waals surface area (Å²) < 4.78 is 8.89. The van der Waals surface area contributed by atoms with Gasteiger partial charge in [-0.05, 0) is 18.4 Å². The quantitative estimate of drug-likeness (QED) is 0.617. The molecule has 3 rings (SSSR count). The molecule has 0 unspecified atom stereocenters. The highest BCUT2D eigenvalue weighted by Gasteiger charge is 2.22. The lowest BCUT2D eigenvalue weighted by Gasteiger charge is -2.16. The molecule has 2 aromatic rings. The minimum absolute atomic E-state index is 0.505. The zero-order chi connectivity index (χ0) is 13.9. The van der Waals surface area contributed by atoms with E-state index in [0.29, 0.717) is 6.73 Å². The number of thioether (sulfide) groups is 1. The number of benzene rings is 2. The molecule has 2 aromatic carbocycles. The lowest BCUT2D eigenvalue weighted by molar-refractivity contribution is -0.476. The third-order valence-corrected chi connectivity index (χ3v) is 4.49. The van der Waals surface area contributed by atoms with Crippen LogP contribution in [0.25, 0.3) is 0 Å². The number of hydrogen-bond acceptors (Lipinski definition) is 3. The third-order valence-electron chi connectivity index (χ3n) is 3.18. The molecule has 0 atom stereocenters. The fourth-order valence-corrected chi connectivity index (χ4v) is 2.74. The molecule has 2 nitrogen and oxygen atoms in total. The molecule has 0 spiro atoms. The van der Waals surface area contributed by atoms with Gasteiger partial charge in [0, 0.05) is 17.7 Å². The standard InChI is InChI=1S/C16H14NOS2/c1-20-16(19)14-9-5-6-12-10-17(11-18-15(12)14)13-7-3-2-4-8-13/h2-10H,11H2,1H3/q+1. The van der Waals surface area contributed by atoms with Crippen LogP contribution >= 0.6 is 24.0 Å². The van der Waals surface area contributed by atoms with Crippen molar-refractivity contribution in [3.8, 4) is 5.75 Å². The van der Waals surface area contributed by atoms with Crippen LogP contribution in [0.15, 0.2) is 48.5 Å². The van der Waals surface area contributed by atoms with Crippen molar-refractivity contribution in [1.82, 2.24) is 0 Å². The van der Waals surface area contributed by atoms with Crippen LogP contribution in [0.5, 0.6) is 5.75 Å². The number of ether oxygens (including phenoxy) is 1. The highest BCUT2D eigenvalue weighted by molar-refractivity contribution is 8.23. The Morgan fingerprint density at radius 2 is 1.95 bits per heavy atom. The molecular weight excluding hydrogens is 286 g/mol. The van der Waals surface area contributed by atoms with E-state index in [9.17, 15) is 0 Å². The van der Waals surface area contributed by atoms with Crippen molar-refractivity contribution in [2.45, 2.75) is 0 Å². The van der Waals surface area contributed by atoms with Gasteiger partial charge in [-0.25, -0.2) is 0 Å². The maximum Gasteiger partial charge on any atom is 0.292 e. The second-order valence-electron chi connectivity index (χ2n) is 4.42. The Morgan fingerprint density at radius 1 is 1.15 bits per heavy atom. The number of rotatable bonds is 2. The van der Waals surface area contributed by atoms with Gasteiger partial charge in [0.05, 0.1) is 9.76 Å². The molecule has 0 amide bonds. The molecule has 1 heterocycles. The van der Waals surface area contributed by atoms with E-state index < -0.39 is 0 Å². The highest BCUT2D eigenvalue weighted by Crippen LogP contribution is 2.29. The van der Waals surface area contributed by atoms with E-state index in [1.54, 1.807) is 11.8 Å². The number of para-hydroxylation sites is 2. The topological polar surface area (TPSA) is 12.2 Å². The normalized spacial score (nSPS) is 13.2. The first-order valence-corrected chi connectivity index (χ1v) is 7.93. The summed E-state index contributed by atoms with van der Waals surface area (Å²) in [7, 11) is 0. The van der Waals surface area contributed by atoms with Crippen LogP contribution in [0.4, 0.5) is 5.69 Å². The second-order valence-corrected chi connectivity index (χ2v) is 5.91. The van der Waals surface area contributed by atoms with E-state index in [4.69, 9.17) is 17.0 Å². The lowest BCUT2D eigenvalue weighted by Crippen LogP contribution is -2.21. The fourth-order valence-electron chi connectivity index (χ4n) is 2.20. The van der Waals surface area contributed by atoms with E-state index in [-0.39, 0.29) is 0 Å². The summed E-state index contributed by atoms with van der Waals surface area (Å²) in [5.41, 5.74) is 3.19. The lowest BCUT2D eigenvalue weighted by atomic mass is 10.1. The van der Waals surface area contributed by atoms with Crippen molar-refractivity contribution in [2.24, 2.45) is 0 Å². The second kappa shape index (κ2) is 5.77. The predicted molar refractivity (Wildman–Crippen MR) is 88.7 cm³/mol. The SMILES string of the molecule is CSC(=S)c1cccc2c1OC[N+](c1ccccc1)=C2. The van der Waals surface area contributed by atoms with Gasteiger partial charge in [-0.3, -0.25) is 0 Å². The molecule has 1 aliphatic heterocycles. The molecule has 0 fully saturated rings. The van der Waals surface area contributed by atoms with Gasteiger partial charge < -0.3 is 4.74 Å². The predicted octanol–water partition coefficient (Wildman–Crippen LogP) is 3.84. The molecule has 0 aromatic heterocycles. The Balaban J connectivity index is 2.04. The van der Waals surface area contributed by atoms with Crippen LogP contribution in [0, 0.1) is 0 Å². The summed E-state index contributed by atoms with van der Waals surface area (Å²) in [5, 5.41) is 0. The van der Waals surface area contributed by atoms with Gasteiger partial charge in [0.25, 0.3) is 6.73 Å². The van der Waals surface area contributed by atoms with E-state index in [1.165, 1.54) is 0 Å². The Labute approximate surface area is 128 Å². The first-order chi connectivity index (χ1) is 9.79. The van der Waals surface area contributed by atoms with E-state index in [0.717, 1.165) is 26.8 Å². The van der Waals surface area contributed by atoms with Crippen LogP contribution in [0.3, 0.4) is 0 Å². The summed E-state index contributed by atoms with van der Waals surface area (Å²) in [5.74, 6) is 0.888. The summed E-state index contributed by atoms with van der Waals surface area (Å²) in [6.07, 6.45) is 4.10. The summed E-state index contributed by atoms with van der Waals surface area (Å²) in [4.78, 5) is 0. The Kier molecular flexibility index (Phi) is 3.85. The highest BCUT2D eigenvalue weighted by atomic mass is 32.2. The Bertz CT molecular complexity index is 680. The van der Waals surface area contributed by atoms with Crippen molar-refractivity contribution >= 4 is 40.1 Å². The van der Waals surface area contributed by atoms with Crippen LogP contribution in [-0.2, 0) is 0 Å². The van der Waals surface area contributed by atoms with Gasteiger partial charge in [-0.15, -0.1) is 11.8 Å². The van der Waals surface area contributed by atoms with Gasteiger partial charge in [-0.1, -0.05) is 36.5 Å². The van der Waals surface area contributed by atoms with Crippen LogP contribution in [0.2, 0.25) is 0 Å². The molecule has 0 radical (unpaired) electrons. The third kappa shape index (κ3) is 2.49. The molecule has 0 aliphatic carbocycles. The maximum absolute atomic E-state index is 5.94. The average Bonchev–Trinajstić information content (AvgIpc) is 2.54. The van der Waals surface area contributed by atoms with Gasteiger partial charge in [-0.2, -0.15) is 4.58 Å². The molecule has 0 saturated heterocycles. The summed E-state index contributed by atoms with van der Waals surface area (Å²) >= 11 is 6.96. The molecule has 100 valence electrons. The maximum atomic E-state index is 5.94. The van der Waals surface area contributed by atoms with Gasteiger partial charge in [0.2, 0.25) is 5.69 Å². The van der Waals surface area contributed by atoms with E-state index in [1.807, 2.05) is 36.6 Å². The number of thiocarbonyl (C=S) groups is 1. The van der Waals surface area contributed by atoms with Crippen molar-refractivity contribution in [1.29, 1.82) is 0 Å². The Morgan fingerprint density at radius 3 is 2.70 bits per heavy atom. The number of hydrogen-bond donors (Lipinski definition) is 0. The van der Waals surface area contributed by atoms with Crippen molar-refractivity contribution in [2.75, 3.05) is 13.0 Å². The molecule has 0 bridgehead atoms. The number of fused-ring (bicyclic) bond motifs is 1. The largest absolute Gasteiger partial charge is 0.434 e. The monoisotopic (exact) mass is 300 g/mol. The van der Waals surface area contributed by atoms with Crippen molar-refractivity contribution in [3.05, 3.63) is 59.7 Å². The van der Waals surface area contributed by atoms with Crippen molar-refractivity contribution in [3.63, 3.8) is 0 Å². The molecule has 1 aliphatic rings. The first kappa shape index (κ1) is 13.3. The van der Waals surface area contributed by atoms with Crippen LogP contribution in [0.1, 0.15) is 11.1 Å². The number of nitrogens with zero attached hydrogens (tertiary/aromatic N) is 1. The molecular formula is C16H14NOS2+. The minimum atomic E-state index is 0.505. The molecule has 0 N–H and O–H groups in total. The molecule has 0 saturated carbocycles. The summed E-state index contributed by atoms with van der Waals surface area (Å²) in [6, 6.07) is 16.3. The van der Waals surface area contributed by atoms with Gasteiger partial charge >= 0.3 is 0 Å². The van der Waals surface area contributed by atoms with Crippen LogP contribution < -0.4 is 4.74 Å². The molecule has 20 heavy (non-hydrogen) atoms. The van der Waals surface area contributed by atoms with Crippen molar-refractivity contribution < 1.29 is 9.31 Å². The van der Waals surface area contributed by atoms with Crippen LogP contribution in [-0.4, -0.2) is 28.0 Å². The summed E-state index contributed by atoms with van der Waals surface area (Å²) in [6.45, 7) is 0.505. The minimum Gasteiger partial charge on any atom is -0.434 e. The van der Waals surface area contributed by atoms with Gasteiger partial charge in [0.1, 0.15) is 5.75 Å². The van der Waals surface area contributed by atoms with E-state index >= 15 is 0 Å². The zero-order valence-corrected chi connectivity index (χ0v) is 12.7. The smallest absolute Gasteiger partial charge is 0.292 e. The average molecular weight is 300 g/mol. The zero-order valence-electron chi connectivity index (χ0n) is 11.1. The molecule has 4 heteroatoms. The van der Waals surface area contributed by atoms with E-state index in [2.05, 4.69) is 29.0 Å². The fraction of sp³-hybridized carbons (Fsp3) is 0.125. The first-order valence-electron chi connectivity index (χ1n) is 6.30.